The molecule has 140 valence electrons. The van der Waals surface area contributed by atoms with Crippen LogP contribution in [0.3, 0.4) is 0 Å². The van der Waals surface area contributed by atoms with Crippen molar-refractivity contribution < 1.29 is 24.9 Å². The van der Waals surface area contributed by atoms with Crippen molar-refractivity contribution in [3.8, 4) is 0 Å². The van der Waals surface area contributed by atoms with Gasteiger partial charge in [-0.2, -0.15) is 0 Å². The fourth-order valence-corrected chi connectivity index (χ4v) is 2.17. The molecule has 0 aromatic rings. The van der Waals surface area contributed by atoms with E-state index in [2.05, 4.69) is 11.7 Å². The van der Waals surface area contributed by atoms with Gasteiger partial charge in [0, 0.05) is 6.42 Å². The molecular formula is C18H38O5. The van der Waals surface area contributed by atoms with Crippen molar-refractivity contribution >= 4 is 5.97 Å². The highest BCUT2D eigenvalue weighted by atomic mass is 16.5. The van der Waals surface area contributed by atoms with Gasteiger partial charge in [0.1, 0.15) is 0 Å². The van der Waals surface area contributed by atoms with E-state index in [0.29, 0.717) is 19.6 Å². The van der Waals surface area contributed by atoms with Crippen molar-refractivity contribution in [2.75, 3.05) is 26.4 Å². The minimum Gasteiger partial charge on any atom is -0.481 e. The summed E-state index contributed by atoms with van der Waals surface area (Å²) in [4.78, 5) is 10.3. The van der Waals surface area contributed by atoms with Gasteiger partial charge in [-0.05, 0) is 6.42 Å². The Hall–Kier alpha value is -0.650. The van der Waals surface area contributed by atoms with Crippen molar-refractivity contribution in [2.45, 2.75) is 84.0 Å². The van der Waals surface area contributed by atoms with Gasteiger partial charge in [-0.25, -0.2) is 0 Å². The Morgan fingerprint density at radius 2 is 1.13 bits per heavy atom. The summed E-state index contributed by atoms with van der Waals surface area (Å²) >= 11 is 0. The van der Waals surface area contributed by atoms with Crippen molar-refractivity contribution in [2.24, 2.45) is 0 Å². The largest absolute Gasteiger partial charge is 0.481 e. The predicted octanol–water partition coefficient (Wildman–Crippen LogP) is 3.76. The zero-order valence-electron chi connectivity index (χ0n) is 15.0. The van der Waals surface area contributed by atoms with Gasteiger partial charge in [-0.3, -0.25) is 4.79 Å². The first kappa shape index (κ1) is 24.6. The highest BCUT2D eigenvalue weighted by Gasteiger charge is 1.96. The van der Waals surface area contributed by atoms with Crippen molar-refractivity contribution in [3.63, 3.8) is 0 Å². The number of hydrogen-bond acceptors (Lipinski definition) is 4. The minimum absolute atomic E-state index is 0.0278. The summed E-state index contributed by atoms with van der Waals surface area (Å²) in [6, 6.07) is 0. The lowest BCUT2D eigenvalue weighted by molar-refractivity contribution is -0.137. The van der Waals surface area contributed by atoms with Crippen LogP contribution in [0.1, 0.15) is 84.0 Å². The maximum atomic E-state index is 10.3. The van der Waals surface area contributed by atoms with E-state index in [1.807, 2.05) is 0 Å². The molecule has 0 aliphatic rings. The number of unbranched alkanes of at least 4 members (excludes halogenated alkanes) is 10. The second-order valence-electron chi connectivity index (χ2n) is 5.74. The van der Waals surface area contributed by atoms with Crippen LogP contribution in [-0.2, 0) is 9.53 Å². The van der Waals surface area contributed by atoms with Gasteiger partial charge in [-0.15, -0.1) is 0 Å². The SMILES string of the molecule is CCCCCCCCCCCCCC(=O)O.OCCOCCO. The average molecular weight is 334 g/mol. The summed E-state index contributed by atoms with van der Waals surface area (Å²) in [5.74, 6) is -0.657. The van der Waals surface area contributed by atoms with E-state index in [4.69, 9.17) is 15.3 Å². The van der Waals surface area contributed by atoms with E-state index >= 15 is 0 Å². The summed E-state index contributed by atoms with van der Waals surface area (Å²) in [6.45, 7) is 2.94. The van der Waals surface area contributed by atoms with E-state index in [-0.39, 0.29) is 13.2 Å². The molecule has 0 aliphatic heterocycles. The Labute approximate surface area is 142 Å². The summed E-state index contributed by atoms with van der Waals surface area (Å²) in [5.41, 5.74) is 0. The van der Waals surface area contributed by atoms with E-state index in [9.17, 15) is 4.79 Å². The Bertz CT molecular complexity index is 217. The third kappa shape index (κ3) is 29.9. The molecule has 0 saturated heterocycles. The number of carboxylic acids is 1. The summed E-state index contributed by atoms with van der Waals surface area (Å²) < 4.78 is 4.63. The highest BCUT2D eigenvalue weighted by molar-refractivity contribution is 5.66. The second kappa shape index (κ2) is 23.6. The van der Waals surface area contributed by atoms with Crippen molar-refractivity contribution in [1.82, 2.24) is 0 Å². The van der Waals surface area contributed by atoms with E-state index in [1.54, 1.807) is 0 Å². The van der Waals surface area contributed by atoms with E-state index in [1.165, 1.54) is 57.8 Å². The molecule has 0 unspecified atom stereocenters. The van der Waals surface area contributed by atoms with E-state index in [0.717, 1.165) is 12.8 Å². The number of aliphatic hydroxyl groups is 2. The fourth-order valence-electron chi connectivity index (χ4n) is 2.17. The molecule has 0 aliphatic carbocycles. The number of ether oxygens (including phenoxy) is 1. The summed E-state index contributed by atoms with van der Waals surface area (Å²) in [5, 5.41) is 24.6. The molecule has 0 aromatic carbocycles. The van der Waals surface area contributed by atoms with Gasteiger partial charge in [-0.1, -0.05) is 71.1 Å². The van der Waals surface area contributed by atoms with Gasteiger partial charge in [0.05, 0.1) is 26.4 Å². The standard InChI is InChI=1S/C14H28O2.C4H10O3/c1-2-3-4-5-6-7-8-9-10-11-12-13-14(15)16;5-1-3-7-4-2-6/h2-13H2,1H3,(H,15,16);5-6H,1-4H2. The van der Waals surface area contributed by atoms with Crippen LogP contribution in [0.2, 0.25) is 0 Å². The minimum atomic E-state index is -0.657. The van der Waals surface area contributed by atoms with Crippen LogP contribution >= 0.6 is 0 Å². The molecule has 0 rings (SSSR count). The Balaban J connectivity index is 0. The first-order valence-electron chi connectivity index (χ1n) is 9.20. The van der Waals surface area contributed by atoms with Crippen LogP contribution in [0, 0.1) is 0 Å². The van der Waals surface area contributed by atoms with Gasteiger partial charge >= 0.3 is 5.97 Å². The first-order valence-corrected chi connectivity index (χ1v) is 9.20. The summed E-state index contributed by atoms with van der Waals surface area (Å²) in [7, 11) is 0. The van der Waals surface area contributed by atoms with Crippen LogP contribution in [-0.4, -0.2) is 47.7 Å². The van der Waals surface area contributed by atoms with Crippen LogP contribution in [0.15, 0.2) is 0 Å². The number of rotatable bonds is 16. The predicted molar refractivity (Wildman–Crippen MR) is 93.7 cm³/mol. The molecular weight excluding hydrogens is 296 g/mol. The molecule has 0 spiro atoms. The topological polar surface area (TPSA) is 87.0 Å². The lowest BCUT2D eigenvalue weighted by Crippen LogP contribution is -2.03. The van der Waals surface area contributed by atoms with Crippen molar-refractivity contribution in [1.29, 1.82) is 0 Å². The van der Waals surface area contributed by atoms with Gasteiger partial charge in [0.2, 0.25) is 0 Å². The number of aliphatic hydroxyl groups excluding tert-OH is 2. The maximum absolute atomic E-state index is 10.3. The Kier molecular flexibility index (Phi) is 25.3. The molecule has 0 aromatic heterocycles. The molecule has 5 nitrogen and oxygen atoms in total. The third-order valence-electron chi connectivity index (χ3n) is 3.47. The zero-order chi connectivity index (χ0) is 17.6. The number of hydrogen-bond donors (Lipinski definition) is 3. The molecule has 0 bridgehead atoms. The van der Waals surface area contributed by atoms with Gasteiger partial charge in [0.15, 0.2) is 0 Å². The Morgan fingerprint density at radius 3 is 1.48 bits per heavy atom. The zero-order valence-corrected chi connectivity index (χ0v) is 15.0. The fraction of sp³-hybridized carbons (Fsp3) is 0.944. The molecule has 0 fully saturated rings. The molecule has 0 heterocycles. The second-order valence-corrected chi connectivity index (χ2v) is 5.74. The van der Waals surface area contributed by atoms with Crippen molar-refractivity contribution in [3.05, 3.63) is 0 Å². The van der Waals surface area contributed by atoms with Crippen LogP contribution in [0.5, 0.6) is 0 Å². The summed E-state index contributed by atoms with van der Waals surface area (Å²) in [6.07, 6.45) is 14.4. The highest BCUT2D eigenvalue weighted by Crippen LogP contribution is 2.11. The van der Waals surface area contributed by atoms with Gasteiger partial charge in [0.25, 0.3) is 0 Å². The van der Waals surface area contributed by atoms with Gasteiger partial charge < -0.3 is 20.1 Å². The Morgan fingerprint density at radius 1 is 0.739 bits per heavy atom. The maximum Gasteiger partial charge on any atom is 0.303 e. The quantitative estimate of drug-likeness (QED) is 0.374. The number of carbonyl (C=O) groups is 1. The smallest absolute Gasteiger partial charge is 0.303 e. The first-order chi connectivity index (χ1) is 11.2. The molecule has 0 atom stereocenters. The van der Waals surface area contributed by atoms with Crippen LogP contribution < -0.4 is 0 Å². The molecule has 23 heavy (non-hydrogen) atoms. The lowest BCUT2D eigenvalue weighted by atomic mass is 10.1. The molecule has 3 N–H and O–H groups in total. The number of aliphatic carboxylic acids is 1. The molecule has 0 amide bonds. The van der Waals surface area contributed by atoms with Crippen LogP contribution in [0.4, 0.5) is 0 Å². The monoisotopic (exact) mass is 334 g/mol. The van der Waals surface area contributed by atoms with Crippen LogP contribution in [0.25, 0.3) is 0 Å². The average Bonchev–Trinajstić information content (AvgIpc) is 2.53. The third-order valence-corrected chi connectivity index (χ3v) is 3.47. The number of carboxylic acid groups (broad SMARTS) is 1. The normalized spacial score (nSPS) is 10.2. The lowest BCUT2D eigenvalue weighted by Gasteiger charge is -2.01. The molecule has 0 saturated carbocycles. The molecule has 0 radical (unpaired) electrons. The van der Waals surface area contributed by atoms with E-state index < -0.39 is 5.97 Å². The molecule has 5 heteroatoms.